The summed E-state index contributed by atoms with van der Waals surface area (Å²) >= 11 is 4.67. The molecule has 8 heteroatoms. The van der Waals surface area contributed by atoms with Crippen LogP contribution >= 0.6 is 27.3 Å². The Hall–Kier alpha value is -1.67. The van der Waals surface area contributed by atoms with Crippen LogP contribution in [-0.4, -0.2) is 47.0 Å². The van der Waals surface area contributed by atoms with Crippen LogP contribution in [0.25, 0.3) is 0 Å². The Kier molecular flexibility index (Phi) is 4.07. The molecule has 0 spiro atoms. The minimum absolute atomic E-state index is 0.0497. The first kappa shape index (κ1) is 14.3. The Labute approximate surface area is 134 Å². The lowest BCUT2D eigenvalue weighted by Crippen LogP contribution is -2.49. The molecule has 0 radical (unpaired) electrons. The number of rotatable bonds is 2. The van der Waals surface area contributed by atoms with Crippen molar-refractivity contribution in [1.82, 2.24) is 14.9 Å². The molecule has 6 nitrogen and oxygen atoms in total. The third kappa shape index (κ3) is 3.16. The first-order chi connectivity index (χ1) is 10.1. The summed E-state index contributed by atoms with van der Waals surface area (Å²) in [6, 6.07) is 3.95. The second kappa shape index (κ2) is 5.98. The van der Waals surface area contributed by atoms with Crippen molar-refractivity contribution in [3.8, 4) is 0 Å². The normalized spacial score (nSPS) is 15.3. The monoisotopic (exact) mass is 367 g/mol. The summed E-state index contributed by atoms with van der Waals surface area (Å²) in [5.74, 6) is 0.884. The SMILES string of the molecule is Nc1nc(C(=O)N2CCN(c3ccc(Br)cn3)CC2)cs1. The summed E-state index contributed by atoms with van der Waals surface area (Å²) in [5, 5.41) is 2.14. The van der Waals surface area contributed by atoms with Gasteiger partial charge in [0, 0.05) is 42.2 Å². The molecular formula is C13H14BrN5OS. The van der Waals surface area contributed by atoms with Crippen molar-refractivity contribution in [2.24, 2.45) is 0 Å². The van der Waals surface area contributed by atoms with E-state index in [2.05, 4.69) is 30.8 Å². The van der Waals surface area contributed by atoms with Gasteiger partial charge in [-0.3, -0.25) is 4.79 Å². The maximum absolute atomic E-state index is 12.3. The lowest BCUT2D eigenvalue weighted by Gasteiger charge is -2.35. The van der Waals surface area contributed by atoms with E-state index in [4.69, 9.17) is 5.73 Å². The molecule has 1 fully saturated rings. The lowest BCUT2D eigenvalue weighted by molar-refractivity contribution is 0.0741. The number of aromatic nitrogens is 2. The largest absolute Gasteiger partial charge is 0.375 e. The third-order valence-electron chi connectivity index (χ3n) is 3.34. The summed E-state index contributed by atoms with van der Waals surface area (Å²) < 4.78 is 0.959. The summed E-state index contributed by atoms with van der Waals surface area (Å²) in [4.78, 5) is 24.7. The second-order valence-corrected chi connectivity index (χ2v) is 6.49. The topological polar surface area (TPSA) is 75.3 Å². The number of carbonyl (C=O) groups is 1. The molecule has 1 aliphatic heterocycles. The number of hydrogen-bond acceptors (Lipinski definition) is 6. The van der Waals surface area contributed by atoms with Crippen LogP contribution in [0.15, 0.2) is 28.2 Å². The molecule has 0 unspecified atom stereocenters. The van der Waals surface area contributed by atoms with Gasteiger partial charge in [0.25, 0.3) is 5.91 Å². The molecule has 1 amide bonds. The van der Waals surface area contributed by atoms with Crippen LogP contribution in [0.1, 0.15) is 10.5 Å². The Balaban J connectivity index is 1.62. The highest BCUT2D eigenvalue weighted by atomic mass is 79.9. The maximum atomic E-state index is 12.3. The summed E-state index contributed by atoms with van der Waals surface area (Å²) in [5.41, 5.74) is 6.01. The van der Waals surface area contributed by atoms with E-state index in [9.17, 15) is 4.79 Å². The number of hydrogen-bond donors (Lipinski definition) is 1. The predicted octanol–water partition coefficient (Wildman–Crippen LogP) is 1.85. The van der Waals surface area contributed by atoms with Crippen LogP contribution in [0.2, 0.25) is 0 Å². The van der Waals surface area contributed by atoms with E-state index in [1.165, 1.54) is 11.3 Å². The highest BCUT2D eigenvalue weighted by Gasteiger charge is 2.24. The molecule has 0 bridgehead atoms. The smallest absolute Gasteiger partial charge is 0.273 e. The van der Waals surface area contributed by atoms with Crippen LogP contribution in [0.4, 0.5) is 10.9 Å². The summed E-state index contributed by atoms with van der Waals surface area (Å²) in [6.07, 6.45) is 1.78. The Morgan fingerprint density at radius 2 is 2.05 bits per heavy atom. The number of nitrogen functional groups attached to an aromatic ring is 1. The predicted molar refractivity (Wildman–Crippen MR) is 86.6 cm³/mol. The third-order valence-corrected chi connectivity index (χ3v) is 4.49. The van der Waals surface area contributed by atoms with Crippen LogP contribution in [0.3, 0.4) is 0 Å². The molecule has 0 atom stereocenters. The zero-order valence-electron chi connectivity index (χ0n) is 11.2. The van der Waals surface area contributed by atoms with Gasteiger partial charge in [-0.25, -0.2) is 9.97 Å². The fraction of sp³-hybridized carbons (Fsp3) is 0.308. The number of pyridine rings is 1. The number of amides is 1. The van der Waals surface area contributed by atoms with Gasteiger partial charge in [-0.15, -0.1) is 11.3 Å². The fourth-order valence-corrected chi connectivity index (χ4v) is 3.01. The van der Waals surface area contributed by atoms with E-state index in [1.54, 1.807) is 11.6 Å². The Bertz CT molecular complexity index is 636. The average Bonchev–Trinajstić information content (AvgIpc) is 2.94. The first-order valence-corrected chi connectivity index (χ1v) is 8.17. The van der Waals surface area contributed by atoms with Gasteiger partial charge in [0.15, 0.2) is 5.13 Å². The number of piperazine rings is 1. The van der Waals surface area contributed by atoms with Crippen molar-refractivity contribution >= 4 is 44.1 Å². The number of anilines is 2. The molecule has 3 rings (SSSR count). The van der Waals surface area contributed by atoms with Crippen molar-refractivity contribution in [3.05, 3.63) is 33.9 Å². The van der Waals surface area contributed by atoms with E-state index < -0.39 is 0 Å². The summed E-state index contributed by atoms with van der Waals surface area (Å²) in [7, 11) is 0. The molecule has 21 heavy (non-hydrogen) atoms. The molecule has 2 aromatic rings. The molecule has 110 valence electrons. The van der Waals surface area contributed by atoms with Gasteiger partial charge in [-0.1, -0.05) is 0 Å². The van der Waals surface area contributed by atoms with E-state index in [0.29, 0.717) is 23.9 Å². The van der Waals surface area contributed by atoms with Crippen LogP contribution in [-0.2, 0) is 0 Å². The zero-order valence-corrected chi connectivity index (χ0v) is 13.6. The van der Waals surface area contributed by atoms with Crippen molar-refractivity contribution in [3.63, 3.8) is 0 Å². The van der Waals surface area contributed by atoms with E-state index in [0.717, 1.165) is 23.4 Å². The fourth-order valence-electron chi connectivity index (χ4n) is 2.24. The quantitative estimate of drug-likeness (QED) is 0.876. The highest BCUT2D eigenvalue weighted by Crippen LogP contribution is 2.18. The van der Waals surface area contributed by atoms with Crippen molar-refractivity contribution in [2.45, 2.75) is 0 Å². The number of thiazole rings is 1. The van der Waals surface area contributed by atoms with Crippen molar-refractivity contribution in [1.29, 1.82) is 0 Å². The van der Waals surface area contributed by atoms with E-state index in [-0.39, 0.29) is 5.91 Å². The van der Waals surface area contributed by atoms with Crippen LogP contribution < -0.4 is 10.6 Å². The molecule has 0 saturated carbocycles. The number of nitrogens with two attached hydrogens (primary N) is 1. The van der Waals surface area contributed by atoms with E-state index in [1.807, 2.05) is 17.0 Å². The maximum Gasteiger partial charge on any atom is 0.273 e. The Morgan fingerprint density at radius 1 is 1.29 bits per heavy atom. The van der Waals surface area contributed by atoms with Gasteiger partial charge < -0.3 is 15.5 Å². The standard InChI is InChI=1S/C13H14BrN5OS/c14-9-1-2-11(16-7-9)18-3-5-19(6-4-18)12(20)10-8-21-13(15)17-10/h1-2,7-8H,3-6H2,(H2,15,17). The molecule has 1 saturated heterocycles. The van der Waals surface area contributed by atoms with Gasteiger partial charge >= 0.3 is 0 Å². The molecule has 2 aromatic heterocycles. The van der Waals surface area contributed by atoms with Crippen molar-refractivity contribution < 1.29 is 4.79 Å². The Morgan fingerprint density at radius 3 is 2.62 bits per heavy atom. The second-order valence-electron chi connectivity index (χ2n) is 4.68. The van der Waals surface area contributed by atoms with Gasteiger partial charge in [-0.05, 0) is 28.1 Å². The number of carbonyl (C=O) groups excluding carboxylic acids is 1. The molecule has 0 aliphatic carbocycles. The molecule has 1 aliphatic rings. The average molecular weight is 368 g/mol. The van der Waals surface area contributed by atoms with E-state index >= 15 is 0 Å². The van der Waals surface area contributed by atoms with Gasteiger partial charge in [0.05, 0.1) is 0 Å². The van der Waals surface area contributed by atoms with Gasteiger partial charge in [-0.2, -0.15) is 0 Å². The van der Waals surface area contributed by atoms with Crippen molar-refractivity contribution in [2.75, 3.05) is 36.8 Å². The number of halogens is 1. The highest BCUT2D eigenvalue weighted by molar-refractivity contribution is 9.10. The number of nitrogens with zero attached hydrogens (tertiary/aromatic N) is 4. The molecule has 0 aromatic carbocycles. The molecular weight excluding hydrogens is 354 g/mol. The van der Waals surface area contributed by atoms with Crippen LogP contribution in [0.5, 0.6) is 0 Å². The molecule has 2 N–H and O–H groups in total. The van der Waals surface area contributed by atoms with Gasteiger partial charge in [0.2, 0.25) is 0 Å². The first-order valence-electron chi connectivity index (χ1n) is 6.50. The lowest BCUT2D eigenvalue weighted by atomic mass is 10.3. The summed E-state index contributed by atoms with van der Waals surface area (Å²) in [6.45, 7) is 2.85. The van der Waals surface area contributed by atoms with Gasteiger partial charge in [0.1, 0.15) is 11.5 Å². The van der Waals surface area contributed by atoms with Crippen LogP contribution in [0, 0.1) is 0 Å². The molecule has 3 heterocycles. The zero-order chi connectivity index (χ0) is 14.8. The minimum atomic E-state index is -0.0497. The minimum Gasteiger partial charge on any atom is -0.375 e.